The van der Waals surface area contributed by atoms with Crippen LogP contribution < -0.4 is 10.9 Å². The summed E-state index contributed by atoms with van der Waals surface area (Å²) in [4.78, 5) is 35.2. The number of anilines is 1. The molecule has 6 nitrogen and oxygen atoms in total. The molecule has 0 aliphatic carbocycles. The lowest BCUT2D eigenvalue weighted by Crippen LogP contribution is -2.27. The highest BCUT2D eigenvalue weighted by molar-refractivity contribution is 5.94. The predicted octanol–water partition coefficient (Wildman–Crippen LogP) is 1.96. The van der Waals surface area contributed by atoms with Crippen LogP contribution in [0.3, 0.4) is 0 Å². The Kier molecular flexibility index (Phi) is 5.52. The Labute approximate surface area is 140 Å². The molecular weight excluding hydrogens is 308 g/mol. The highest BCUT2D eigenvalue weighted by atomic mass is 16.5. The van der Waals surface area contributed by atoms with E-state index in [9.17, 15) is 14.4 Å². The molecule has 126 valence electrons. The minimum absolute atomic E-state index is 0.227. The summed E-state index contributed by atoms with van der Waals surface area (Å²) < 4.78 is 6.14. The fraction of sp³-hybridized carbons (Fsp3) is 0.278. The molecule has 2 aromatic rings. The molecule has 1 heterocycles. The van der Waals surface area contributed by atoms with Crippen LogP contribution in [0.4, 0.5) is 5.69 Å². The van der Waals surface area contributed by atoms with Crippen LogP contribution in [0.25, 0.3) is 0 Å². The molecule has 0 aliphatic rings. The van der Waals surface area contributed by atoms with E-state index in [4.69, 9.17) is 4.74 Å². The molecule has 1 amide bonds. The summed E-state index contributed by atoms with van der Waals surface area (Å²) in [5.74, 6) is -1.06. The Morgan fingerprint density at radius 2 is 1.79 bits per heavy atom. The molecule has 0 unspecified atom stereocenters. The van der Waals surface area contributed by atoms with Gasteiger partial charge in [0.15, 0.2) is 6.61 Å². The lowest BCUT2D eigenvalue weighted by Gasteiger charge is -2.13. The van der Waals surface area contributed by atoms with E-state index in [1.165, 1.54) is 16.8 Å². The Morgan fingerprint density at radius 1 is 1.12 bits per heavy atom. The molecule has 0 saturated heterocycles. The second kappa shape index (κ2) is 7.59. The van der Waals surface area contributed by atoms with Crippen molar-refractivity contribution in [3.8, 4) is 0 Å². The van der Waals surface area contributed by atoms with Gasteiger partial charge >= 0.3 is 5.97 Å². The summed E-state index contributed by atoms with van der Waals surface area (Å²) in [7, 11) is 0. The first-order valence-corrected chi connectivity index (χ1v) is 7.55. The first kappa shape index (κ1) is 17.5. The van der Waals surface area contributed by atoms with Crippen molar-refractivity contribution in [2.75, 3.05) is 11.9 Å². The number of hydrogen-bond donors (Lipinski definition) is 1. The highest BCUT2D eigenvalue weighted by Crippen LogP contribution is 2.21. The van der Waals surface area contributed by atoms with Crippen LogP contribution in [0.2, 0.25) is 0 Å². The number of nitrogens with one attached hydrogen (secondary N) is 1. The zero-order valence-electron chi connectivity index (χ0n) is 14.0. The van der Waals surface area contributed by atoms with E-state index in [1.807, 2.05) is 32.9 Å². The van der Waals surface area contributed by atoms with Crippen LogP contribution in [0.1, 0.15) is 16.7 Å². The van der Waals surface area contributed by atoms with E-state index >= 15 is 0 Å². The number of carbonyl (C=O) groups is 2. The molecule has 1 aromatic heterocycles. The third kappa shape index (κ3) is 4.55. The van der Waals surface area contributed by atoms with Crippen LogP contribution in [0, 0.1) is 20.8 Å². The van der Waals surface area contributed by atoms with E-state index in [0.717, 1.165) is 22.4 Å². The van der Waals surface area contributed by atoms with Crippen LogP contribution in [0.15, 0.2) is 41.3 Å². The van der Waals surface area contributed by atoms with Gasteiger partial charge in [-0.15, -0.1) is 0 Å². The lowest BCUT2D eigenvalue weighted by molar-refractivity contribution is -0.147. The van der Waals surface area contributed by atoms with Crippen LogP contribution in [0.5, 0.6) is 0 Å². The third-order valence-corrected chi connectivity index (χ3v) is 3.50. The van der Waals surface area contributed by atoms with Gasteiger partial charge in [-0.05, 0) is 38.0 Å². The molecule has 0 radical (unpaired) electrons. The maximum atomic E-state index is 12.0. The van der Waals surface area contributed by atoms with E-state index in [1.54, 1.807) is 12.1 Å². The summed E-state index contributed by atoms with van der Waals surface area (Å²) in [6, 6.07) is 8.52. The summed E-state index contributed by atoms with van der Waals surface area (Å²) in [6.45, 7) is 5.18. The summed E-state index contributed by atoms with van der Waals surface area (Å²) in [5.41, 5.74) is 3.43. The normalized spacial score (nSPS) is 10.3. The van der Waals surface area contributed by atoms with Gasteiger partial charge < -0.3 is 14.6 Å². The molecule has 1 aromatic carbocycles. The smallest absolute Gasteiger partial charge is 0.326 e. The van der Waals surface area contributed by atoms with E-state index in [2.05, 4.69) is 5.32 Å². The number of aryl methyl sites for hydroxylation is 3. The Bertz CT molecular complexity index is 801. The van der Waals surface area contributed by atoms with Crippen molar-refractivity contribution in [1.82, 2.24) is 4.57 Å². The number of pyridine rings is 1. The minimum Gasteiger partial charge on any atom is -0.454 e. The summed E-state index contributed by atoms with van der Waals surface area (Å²) in [5, 5.41) is 2.75. The molecule has 0 atom stereocenters. The average Bonchev–Trinajstić information content (AvgIpc) is 2.51. The zero-order chi connectivity index (χ0) is 17.7. The van der Waals surface area contributed by atoms with Gasteiger partial charge in [-0.25, -0.2) is 0 Å². The fourth-order valence-corrected chi connectivity index (χ4v) is 2.47. The average molecular weight is 328 g/mol. The second-order valence-corrected chi connectivity index (χ2v) is 5.65. The molecule has 0 spiro atoms. The molecule has 24 heavy (non-hydrogen) atoms. The lowest BCUT2D eigenvalue weighted by atomic mass is 10.1. The Morgan fingerprint density at radius 3 is 2.42 bits per heavy atom. The van der Waals surface area contributed by atoms with Crippen molar-refractivity contribution in [2.24, 2.45) is 0 Å². The first-order chi connectivity index (χ1) is 11.4. The Hall–Kier alpha value is -2.89. The maximum Gasteiger partial charge on any atom is 0.326 e. The summed E-state index contributed by atoms with van der Waals surface area (Å²) in [6.07, 6.45) is 1.49. The van der Waals surface area contributed by atoms with Gasteiger partial charge in [-0.1, -0.05) is 23.8 Å². The number of nitrogens with zero attached hydrogens (tertiary/aromatic N) is 1. The van der Waals surface area contributed by atoms with Gasteiger partial charge in [0.05, 0.1) is 0 Å². The molecule has 6 heteroatoms. The predicted molar refractivity (Wildman–Crippen MR) is 90.9 cm³/mol. The fourth-order valence-electron chi connectivity index (χ4n) is 2.47. The molecule has 0 fully saturated rings. The molecule has 1 N–H and O–H groups in total. The van der Waals surface area contributed by atoms with E-state index in [0.29, 0.717) is 0 Å². The van der Waals surface area contributed by atoms with Gasteiger partial charge in [0.25, 0.3) is 11.5 Å². The number of hydrogen-bond acceptors (Lipinski definition) is 4. The third-order valence-electron chi connectivity index (χ3n) is 3.50. The van der Waals surface area contributed by atoms with Gasteiger partial charge in [0.1, 0.15) is 6.54 Å². The number of amides is 1. The van der Waals surface area contributed by atoms with Gasteiger partial charge in [0.2, 0.25) is 0 Å². The number of rotatable bonds is 5. The number of aromatic nitrogens is 1. The van der Waals surface area contributed by atoms with Crippen LogP contribution in [-0.2, 0) is 20.9 Å². The van der Waals surface area contributed by atoms with Crippen molar-refractivity contribution in [1.29, 1.82) is 0 Å². The standard InChI is InChI=1S/C18H20N2O4/c1-12-8-13(2)18(14(3)9-12)19-15(21)11-24-17(23)10-20-7-5-4-6-16(20)22/h4-9H,10-11H2,1-3H3,(H,19,21). The van der Waals surface area contributed by atoms with Crippen molar-refractivity contribution in [3.63, 3.8) is 0 Å². The van der Waals surface area contributed by atoms with Gasteiger partial charge in [0, 0.05) is 18.0 Å². The number of benzene rings is 1. The largest absolute Gasteiger partial charge is 0.454 e. The molecule has 0 aliphatic heterocycles. The van der Waals surface area contributed by atoms with Gasteiger partial charge in [-0.3, -0.25) is 14.4 Å². The van der Waals surface area contributed by atoms with E-state index in [-0.39, 0.29) is 12.1 Å². The second-order valence-electron chi connectivity index (χ2n) is 5.65. The van der Waals surface area contributed by atoms with Crippen molar-refractivity contribution >= 4 is 17.6 Å². The minimum atomic E-state index is -0.643. The quantitative estimate of drug-likeness (QED) is 0.851. The maximum absolute atomic E-state index is 12.0. The number of ether oxygens (including phenoxy) is 1. The first-order valence-electron chi connectivity index (χ1n) is 7.55. The molecule has 2 rings (SSSR count). The van der Waals surface area contributed by atoms with Crippen LogP contribution in [-0.4, -0.2) is 23.1 Å². The van der Waals surface area contributed by atoms with Crippen molar-refractivity contribution < 1.29 is 14.3 Å². The summed E-state index contributed by atoms with van der Waals surface area (Å²) >= 11 is 0. The SMILES string of the molecule is Cc1cc(C)c(NC(=O)COC(=O)Cn2ccccc2=O)c(C)c1. The molecular formula is C18H20N2O4. The van der Waals surface area contributed by atoms with Gasteiger partial charge in [-0.2, -0.15) is 0 Å². The van der Waals surface area contributed by atoms with Crippen molar-refractivity contribution in [3.05, 3.63) is 63.6 Å². The van der Waals surface area contributed by atoms with Crippen LogP contribution >= 0.6 is 0 Å². The number of esters is 1. The zero-order valence-corrected chi connectivity index (χ0v) is 14.0. The molecule has 0 saturated carbocycles. The van der Waals surface area contributed by atoms with Crippen molar-refractivity contribution in [2.45, 2.75) is 27.3 Å². The topological polar surface area (TPSA) is 77.4 Å². The van der Waals surface area contributed by atoms with E-state index < -0.39 is 18.5 Å². The number of carbonyl (C=O) groups excluding carboxylic acids is 2. The monoisotopic (exact) mass is 328 g/mol. The highest BCUT2D eigenvalue weighted by Gasteiger charge is 2.11. The Balaban J connectivity index is 1.91. The molecule has 0 bridgehead atoms.